The summed E-state index contributed by atoms with van der Waals surface area (Å²) in [4.78, 5) is 30.7. The van der Waals surface area contributed by atoms with Crippen LogP contribution in [0.1, 0.15) is 49.5 Å². The Morgan fingerprint density at radius 2 is 1.82 bits per heavy atom. The number of carbonyl (C=O) groups is 2. The standard InChI is InChI=1S/C25H30N4O4/c1-25(2,3)33-24(31)29-13-9-21(10-14-29)32-20-6-4-19(5-7-20)23(30)27-17-18-8-12-28-15-11-26-22(28)16-18/h4-8,11-12,15-16,21H,9-10,13-14,17H2,1-3H3,(H,27,30). The van der Waals surface area contributed by atoms with Gasteiger partial charge in [-0.15, -0.1) is 0 Å². The first-order chi connectivity index (χ1) is 15.8. The number of hydrogen-bond donors (Lipinski definition) is 1. The Morgan fingerprint density at radius 1 is 1.09 bits per heavy atom. The number of ether oxygens (including phenoxy) is 2. The summed E-state index contributed by atoms with van der Waals surface area (Å²) >= 11 is 0. The molecule has 174 valence electrons. The smallest absolute Gasteiger partial charge is 0.410 e. The van der Waals surface area contributed by atoms with Crippen LogP contribution < -0.4 is 10.1 Å². The molecule has 8 nitrogen and oxygen atoms in total. The molecular weight excluding hydrogens is 420 g/mol. The quantitative estimate of drug-likeness (QED) is 0.634. The SMILES string of the molecule is CC(C)(C)OC(=O)N1CCC(Oc2ccc(C(=O)NCc3ccn4ccnc4c3)cc2)CC1. The van der Waals surface area contributed by atoms with Gasteiger partial charge in [0.05, 0.1) is 0 Å². The zero-order valence-corrected chi connectivity index (χ0v) is 19.3. The number of imidazole rings is 1. The van der Waals surface area contributed by atoms with Crippen LogP contribution in [0.3, 0.4) is 0 Å². The molecule has 0 radical (unpaired) electrons. The summed E-state index contributed by atoms with van der Waals surface area (Å²) in [7, 11) is 0. The molecule has 2 amide bonds. The van der Waals surface area contributed by atoms with Crippen LogP contribution in [0.15, 0.2) is 55.0 Å². The van der Waals surface area contributed by atoms with Crippen LogP contribution in [0.5, 0.6) is 5.75 Å². The average molecular weight is 451 g/mol. The van der Waals surface area contributed by atoms with Crippen molar-refractivity contribution >= 4 is 17.6 Å². The zero-order chi connectivity index (χ0) is 23.4. The monoisotopic (exact) mass is 450 g/mol. The highest BCUT2D eigenvalue weighted by atomic mass is 16.6. The lowest BCUT2D eigenvalue weighted by Crippen LogP contribution is -2.44. The fraction of sp³-hybridized carbons (Fsp3) is 0.400. The summed E-state index contributed by atoms with van der Waals surface area (Å²) in [5, 5.41) is 2.94. The van der Waals surface area contributed by atoms with Crippen molar-refractivity contribution in [3.05, 3.63) is 66.1 Å². The predicted octanol–water partition coefficient (Wildman–Crippen LogP) is 4.04. The first kappa shape index (κ1) is 22.6. The Balaban J connectivity index is 1.24. The third kappa shape index (κ3) is 6.03. The number of benzene rings is 1. The molecule has 1 fully saturated rings. The Labute approximate surface area is 193 Å². The average Bonchev–Trinajstić information content (AvgIpc) is 3.25. The number of fused-ring (bicyclic) bond motifs is 1. The highest BCUT2D eigenvalue weighted by Gasteiger charge is 2.27. The second-order valence-electron chi connectivity index (χ2n) is 9.22. The van der Waals surface area contributed by atoms with Gasteiger partial charge in [-0.2, -0.15) is 0 Å². The third-order valence-corrected chi connectivity index (χ3v) is 5.43. The van der Waals surface area contributed by atoms with Crippen molar-refractivity contribution in [2.24, 2.45) is 0 Å². The molecule has 2 aromatic heterocycles. The van der Waals surface area contributed by atoms with E-state index in [1.165, 1.54) is 0 Å². The molecule has 8 heteroatoms. The minimum absolute atomic E-state index is 0.0287. The van der Waals surface area contributed by atoms with Gasteiger partial charge in [0, 0.05) is 56.6 Å². The molecular formula is C25H30N4O4. The Kier molecular flexibility index (Phi) is 6.53. The van der Waals surface area contributed by atoms with E-state index in [2.05, 4.69) is 10.3 Å². The Morgan fingerprint density at radius 3 is 2.52 bits per heavy atom. The van der Waals surface area contributed by atoms with Crippen molar-refractivity contribution in [1.82, 2.24) is 19.6 Å². The number of piperidine rings is 1. The Hall–Kier alpha value is -3.55. The van der Waals surface area contributed by atoms with E-state index in [1.807, 2.05) is 61.8 Å². The second kappa shape index (κ2) is 9.52. The summed E-state index contributed by atoms with van der Waals surface area (Å²) in [6.45, 7) is 7.23. The molecule has 33 heavy (non-hydrogen) atoms. The number of hydrogen-bond acceptors (Lipinski definition) is 5. The number of amides is 2. The minimum Gasteiger partial charge on any atom is -0.490 e. The molecule has 0 saturated carbocycles. The molecule has 3 aromatic rings. The van der Waals surface area contributed by atoms with Gasteiger partial charge in [-0.1, -0.05) is 0 Å². The number of rotatable bonds is 5. The molecule has 0 spiro atoms. The molecule has 0 unspecified atom stereocenters. The van der Waals surface area contributed by atoms with Crippen LogP contribution in [-0.4, -0.2) is 51.1 Å². The van der Waals surface area contributed by atoms with Gasteiger partial charge in [-0.3, -0.25) is 4.79 Å². The van der Waals surface area contributed by atoms with Crippen molar-refractivity contribution < 1.29 is 19.1 Å². The van der Waals surface area contributed by atoms with Crippen LogP contribution in [0, 0.1) is 0 Å². The van der Waals surface area contributed by atoms with Crippen LogP contribution in [-0.2, 0) is 11.3 Å². The predicted molar refractivity (Wildman–Crippen MR) is 124 cm³/mol. The summed E-state index contributed by atoms with van der Waals surface area (Å²) in [6, 6.07) is 11.1. The number of pyridine rings is 1. The maximum absolute atomic E-state index is 12.5. The van der Waals surface area contributed by atoms with Gasteiger partial charge in [0.2, 0.25) is 0 Å². The van der Waals surface area contributed by atoms with E-state index in [-0.39, 0.29) is 18.1 Å². The van der Waals surface area contributed by atoms with Gasteiger partial charge in [-0.25, -0.2) is 9.78 Å². The van der Waals surface area contributed by atoms with Crippen LogP contribution >= 0.6 is 0 Å². The summed E-state index contributed by atoms with van der Waals surface area (Å²) in [5.41, 5.74) is 1.91. The first-order valence-electron chi connectivity index (χ1n) is 11.2. The van der Waals surface area contributed by atoms with Crippen molar-refractivity contribution in [3.63, 3.8) is 0 Å². The summed E-state index contributed by atoms with van der Waals surface area (Å²) in [6.07, 6.45) is 6.78. The maximum Gasteiger partial charge on any atom is 0.410 e. The van der Waals surface area contributed by atoms with E-state index in [0.29, 0.717) is 30.9 Å². The van der Waals surface area contributed by atoms with Crippen LogP contribution in [0.4, 0.5) is 4.79 Å². The number of carbonyl (C=O) groups excluding carboxylic acids is 2. The second-order valence-corrected chi connectivity index (χ2v) is 9.22. The van der Waals surface area contributed by atoms with Gasteiger partial charge in [0.25, 0.3) is 5.91 Å². The molecule has 1 aliphatic heterocycles. The van der Waals surface area contributed by atoms with Crippen LogP contribution in [0.2, 0.25) is 0 Å². The lowest BCUT2D eigenvalue weighted by molar-refractivity contribution is 0.0126. The van der Waals surface area contributed by atoms with Crippen molar-refractivity contribution in [1.29, 1.82) is 0 Å². The van der Waals surface area contributed by atoms with Gasteiger partial charge < -0.3 is 24.1 Å². The summed E-state index contributed by atoms with van der Waals surface area (Å²) in [5.74, 6) is 0.572. The molecule has 0 atom stereocenters. The van der Waals surface area contributed by atoms with E-state index in [0.717, 1.165) is 24.1 Å². The third-order valence-electron chi connectivity index (χ3n) is 5.43. The number of likely N-dealkylation sites (tertiary alicyclic amines) is 1. The number of nitrogens with zero attached hydrogens (tertiary/aromatic N) is 3. The molecule has 0 aliphatic carbocycles. The molecule has 3 heterocycles. The topological polar surface area (TPSA) is 85.2 Å². The van der Waals surface area contributed by atoms with Crippen molar-refractivity contribution in [3.8, 4) is 5.75 Å². The van der Waals surface area contributed by atoms with E-state index < -0.39 is 5.60 Å². The molecule has 1 aromatic carbocycles. The number of nitrogens with one attached hydrogen (secondary N) is 1. The highest BCUT2D eigenvalue weighted by Crippen LogP contribution is 2.21. The zero-order valence-electron chi connectivity index (χ0n) is 19.3. The van der Waals surface area contributed by atoms with Crippen molar-refractivity contribution in [2.75, 3.05) is 13.1 Å². The largest absolute Gasteiger partial charge is 0.490 e. The number of aromatic nitrogens is 2. The lowest BCUT2D eigenvalue weighted by Gasteiger charge is -2.33. The molecule has 0 bridgehead atoms. The van der Waals surface area contributed by atoms with Crippen molar-refractivity contribution in [2.45, 2.75) is 51.9 Å². The van der Waals surface area contributed by atoms with E-state index >= 15 is 0 Å². The molecule has 1 N–H and O–H groups in total. The normalized spacial score (nSPS) is 14.8. The van der Waals surface area contributed by atoms with E-state index in [1.54, 1.807) is 23.2 Å². The lowest BCUT2D eigenvalue weighted by atomic mass is 10.1. The molecule has 4 rings (SSSR count). The minimum atomic E-state index is -0.494. The first-order valence-corrected chi connectivity index (χ1v) is 11.2. The highest BCUT2D eigenvalue weighted by molar-refractivity contribution is 5.94. The Bertz CT molecular complexity index is 1110. The fourth-order valence-electron chi connectivity index (χ4n) is 3.71. The molecule has 1 aliphatic rings. The molecule has 1 saturated heterocycles. The van der Waals surface area contributed by atoms with Gasteiger partial charge in [0.15, 0.2) is 0 Å². The van der Waals surface area contributed by atoms with Gasteiger partial charge in [-0.05, 0) is 62.7 Å². The van der Waals surface area contributed by atoms with Gasteiger partial charge >= 0.3 is 6.09 Å². The fourth-order valence-corrected chi connectivity index (χ4v) is 3.71. The van der Waals surface area contributed by atoms with E-state index in [9.17, 15) is 9.59 Å². The summed E-state index contributed by atoms with van der Waals surface area (Å²) < 4.78 is 13.4. The van der Waals surface area contributed by atoms with Gasteiger partial charge in [0.1, 0.15) is 23.1 Å². The van der Waals surface area contributed by atoms with E-state index in [4.69, 9.17) is 9.47 Å². The van der Waals surface area contributed by atoms with Crippen LogP contribution in [0.25, 0.3) is 5.65 Å². The maximum atomic E-state index is 12.5.